The van der Waals surface area contributed by atoms with Crippen molar-refractivity contribution in [2.75, 3.05) is 10.8 Å². The number of aryl methyl sites for hydroxylation is 1. The summed E-state index contributed by atoms with van der Waals surface area (Å²) in [6, 6.07) is 30.5. The maximum atomic E-state index is 14.5. The van der Waals surface area contributed by atoms with Crippen LogP contribution < -0.4 is 9.62 Å². The van der Waals surface area contributed by atoms with Crippen molar-refractivity contribution >= 4 is 39.1 Å². The maximum absolute atomic E-state index is 14.5. The molecular weight excluding hydrogens is 594 g/mol. The molecule has 7 nitrogen and oxygen atoms in total. The van der Waals surface area contributed by atoms with E-state index < -0.39 is 34.1 Å². The summed E-state index contributed by atoms with van der Waals surface area (Å²) >= 11 is 6.14. The van der Waals surface area contributed by atoms with Crippen molar-refractivity contribution in [2.24, 2.45) is 0 Å². The molecule has 1 N–H and O–H groups in total. The standard InChI is InChI=1S/C35H38ClN3O4S/c1-26-15-21-30(22-16-26)39(44(42,43)31-13-9-6-10-14-31)25-33(40)38(24-28-17-19-29(36)20-18-28)32(34(41)37-35(2,3)4)23-27-11-7-5-8-12-27/h5-22,32H,23-25H2,1-4H3,(H,37,41)/t32-/m0/s1. The fourth-order valence-electron chi connectivity index (χ4n) is 4.75. The fourth-order valence-corrected chi connectivity index (χ4v) is 6.31. The van der Waals surface area contributed by atoms with Gasteiger partial charge in [-0.05, 0) is 75.2 Å². The zero-order chi connectivity index (χ0) is 31.9. The van der Waals surface area contributed by atoms with Crippen LogP contribution in [0.2, 0.25) is 5.02 Å². The van der Waals surface area contributed by atoms with E-state index in [1.807, 2.05) is 58.0 Å². The van der Waals surface area contributed by atoms with E-state index in [2.05, 4.69) is 5.32 Å². The summed E-state index contributed by atoms with van der Waals surface area (Å²) in [6.07, 6.45) is 0.234. The molecule has 0 bridgehead atoms. The van der Waals surface area contributed by atoms with Gasteiger partial charge in [-0.1, -0.05) is 90.0 Å². The Bertz CT molecular complexity index is 1660. The second kappa shape index (κ2) is 14.1. The SMILES string of the molecule is Cc1ccc(N(CC(=O)N(Cc2ccc(Cl)cc2)[C@@H](Cc2ccccc2)C(=O)NC(C)(C)C)S(=O)(=O)c2ccccc2)cc1. The molecule has 0 aliphatic rings. The minimum atomic E-state index is -4.14. The van der Waals surface area contributed by atoms with Crippen LogP contribution in [0.3, 0.4) is 0 Å². The molecule has 4 aromatic rings. The summed E-state index contributed by atoms with van der Waals surface area (Å²) in [5.41, 5.74) is 2.34. The average molecular weight is 632 g/mol. The Balaban J connectivity index is 1.80. The summed E-state index contributed by atoms with van der Waals surface area (Å²) in [4.78, 5) is 29.9. The number of carbonyl (C=O) groups is 2. The smallest absolute Gasteiger partial charge is 0.264 e. The first-order valence-corrected chi connectivity index (χ1v) is 16.2. The number of nitrogens with zero attached hydrogens (tertiary/aromatic N) is 2. The van der Waals surface area contributed by atoms with Gasteiger partial charge >= 0.3 is 0 Å². The first-order chi connectivity index (χ1) is 20.8. The summed E-state index contributed by atoms with van der Waals surface area (Å²) < 4.78 is 29.1. The highest BCUT2D eigenvalue weighted by atomic mass is 35.5. The van der Waals surface area contributed by atoms with Gasteiger partial charge in [0.1, 0.15) is 12.6 Å². The van der Waals surface area contributed by atoms with Crippen molar-refractivity contribution < 1.29 is 18.0 Å². The van der Waals surface area contributed by atoms with Crippen molar-refractivity contribution in [3.8, 4) is 0 Å². The van der Waals surface area contributed by atoms with Gasteiger partial charge in [0.25, 0.3) is 10.0 Å². The van der Waals surface area contributed by atoms with Crippen molar-refractivity contribution in [2.45, 2.75) is 57.1 Å². The first-order valence-electron chi connectivity index (χ1n) is 14.4. The number of benzene rings is 4. The van der Waals surface area contributed by atoms with Gasteiger partial charge in [0.15, 0.2) is 0 Å². The number of halogens is 1. The Kier molecular flexibility index (Phi) is 10.5. The molecule has 230 valence electrons. The van der Waals surface area contributed by atoms with Crippen LogP contribution >= 0.6 is 11.6 Å². The van der Waals surface area contributed by atoms with Crippen LogP contribution in [0.5, 0.6) is 0 Å². The number of amides is 2. The lowest BCUT2D eigenvalue weighted by Gasteiger charge is -2.35. The minimum absolute atomic E-state index is 0.0592. The number of hydrogen-bond donors (Lipinski definition) is 1. The number of sulfonamides is 1. The van der Waals surface area contributed by atoms with Gasteiger partial charge in [-0.3, -0.25) is 13.9 Å². The fraction of sp³-hybridized carbons (Fsp3) is 0.257. The van der Waals surface area contributed by atoms with E-state index in [0.29, 0.717) is 10.7 Å². The lowest BCUT2D eigenvalue weighted by molar-refractivity contribution is -0.140. The normalized spacial score (nSPS) is 12.3. The molecular formula is C35H38ClN3O4S. The van der Waals surface area contributed by atoms with Gasteiger partial charge < -0.3 is 10.2 Å². The van der Waals surface area contributed by atoms with E-state index in [4.69, 9.17) is 11.6 Å². The van der Waals surface area contributed by atoms with Crippen LogP contribution in [0.4, 0.5) is 5.69 Å². The molecule has 0 aliphatic carbocycles. The number of hydrogen-bond acceptors (Lipinski definition) is 4. The van der Waals surface area contributed by atoms with Crippen molar-refractivity contribution in [1.82, 2.24) is 10.2 Å². The molecule has 1 atom stereocenters. The Hall–Kier alpha value is -4.14. The summed E-state index contributed by atoms with van der Waals surface area (Å²) in [6.45, 7) is 7.09. The van der Waals surface area contributed by atoms with Crippen LogP contribution in [-0.4, -0.2) is 43.3 Å². The molecule has 2 amide bonds. The Morgan fingerprint density at radius 1 is 0.795 bits per heavy atom. The van der Waals surface area contributed by atoms with Gasteiger partial charge in [-0.2, -0.15) is 0 Å². The third-order valence-corrected chi connectivity index (χ3v) is 9.01. The van der Waals surface area contributed by atoms with Crippen molar-refractivity contribution in [3.63, 3.8) is 0 Å². The quantitative estimate of drug-likeness (QED) is 0.208. The van der Waals surface area contributed by atoms with Gasteiger partial charge in [0, 0.05) is 23.5 Å². The topological polar surface area (TPSA) is 86.8 Å². The third kappa shape index (κ3) is 8.71. The molecule has 0 unspecified atom stereocenters. The predicted octanol–water partition coefficient (Wildman–Crippen LogP) is 6.40. The molecule has 0 aromatic heterocycles. The molecule has 0 radical (unpaired) electrons. The number of anilines is 1. The third-order valence-electron chi connectivity index (χ3n) is 6.97. The Labute approximate surface area is 265 Å². The minimum Gasteiger partial charge on any atom is -0.350 e. The Morgan fingerprint density at radius 3 is 1.93 bits per heavy atom. The van der Waals surface area contributed by atoms with Crippen LogP contribution in [0.25, 0.3) is 0 Å². The lowest BCUT2D eigenvalue weighted by Crippen LogP contribution is -2.56. The maximum Gasteiger partial charge on any atom is 0.264 e. The van der Waals surface area contributed by atoms with Gasteiger partial charge in [-0.25, -0.2) is 8.42 Å². The summed E-state index contributed by atoms with van der Waals surface area (Å²) in [7, 11) is -4.14. The summed E-state index contributed by atoms with van der Waals surface area (Å²) in [5.74, 6) is -0.860. The highest BCUT2D eigenvalue weighted by Crippen LogP contribution is 2.26. The van der Waals surface area contributed by atoms with Crippen LogP contribution in [0, 0.1) is 6.92 Å². The number of carbonyl (C=O) groups excluding carboxylic acids is 2. The zero-order valence-electron chi connectivity index (χ0n) is 25.4. The largest absolute Gasteiger partial charge is 0.350 e. The highest BCUT2D eigenvalue weighted by Gasteiger charge is 2.35. The highest BCUT2D eigenvalue weighted by molar-refractivity contribution is 7.92. The first kappa shape index (κ1) is 32.8. The molecule has 0 spiro atoms. The monoisotopic (exact) mass is 631 g/mol. The van der Waals surface area contributed by atoms with E-state index in [-0.39, 0.29) is 23.8 Å². The van der Waals surface area contributed by atoms with Gasteiger partial charge in [-0.15, -0.1) is 0 Å². The molecule has 44 heavy (non-hydrogen) atoms. The number of rotatable bonds is 11. The van der Waals surface area contributed by atoms with Crippen molar-refractivity contribution in [3.05, 3.63) is 131 Å². The van der Waals surface area contributed by atoms with Crippen LogP contribution in [-0.2, 0) is 32.6 Å². The van der Waals surface area contributed by atoms with Crippen molar-refractivity contribution in [1.29, 1.82) is 0 Å². The Morgan fingerprint density at radius 2 is 1.36 bits per heavy atom. The molecule has 9 heteroatoms. The molecule has 0 saturated carbocycles. The molecule has 4 rings (SSSR count). The molecule has 0 aliphatic heterocycles. The number of nitrogens with one attached hydrogen (secondary N) is 1. The molecule has 0 heterocycles. The second-order valence-electron chi connectivity index (χ2n) is 11.8. The van der Waals surface area contributed by atoms with E-state index >= 15 is 0 Å². The van der Waals surface area contributed by atoms with Gasteiger partial charge in [0.2, 0.25) is 11.8 Å². The van der Waals surface area contributed by atoms with E-state index in [0.717, 1.165) is 21.0 Å². The van der Waals surface area contributed by atoms with E-state index in [9.17, 15) is 18.0 Å². The van der Waals surface area contributed by atoms with Crippen LogP contribution in [0.1, 0.15) is 37.5 Å². The molecule has 0 fully saturated rings. The zero-order valence-corrected chi connectivity index (χ0v) is 27.0. The van der Waals surface area contributed by atoms with Crippen LogP contribution in [0.15, 0.2) is 114 Å². The van der Waals surface area contributed by atoms with E-state index in [1.54, 1.807) is 66.7 Å². The molecule has 0 saturated heterocycles. The summed E-state index contributed by atoms with van der Waals surface area (Å²) in [5, 5.41) is 3.57. The second-order valence-corrected chi connectivity index (χ2v) is 14.1. The van der Waals surface area contributed by atoms with Gasteiger partial charge in [0.05, 0.1) is 10.6 Å². The molecule has 4 aromatic carbocycles. The average Bonchev–Trinajstić information content (AvgIpc) is 2.99. The lowest BCUT2D eigenvalue weighted by atomic mass is 10.0. The van der Waals surface area contributed by atoms with E-state index in [1.165, 1.54) is 17.0 Å². The predicted molar refractivity (Wildman–Crippen MR) is 176 cm³/mol.